The quantitative estimate of drug-likeness (QED) is 0.820. The summed E-state index contributed by atoms with van der Waals surface area (Å²) in [5.74, 6) is 0.207. The van der Waals surface area contributed by atoms with Crippen molar-refractivity contribution in [3.05, 3.63) is 65.7 Å². The maximum atomic E-state index is 12.5. The lowest BCUT2D eigenvalue weighted by atomic mass is 10.0. The second kappa shape index (κ2) is 8.65. The average molecular weight is 350 g/mol. The molecule has 1 N–H and O–H groups in total. The van der Waals surface area contributed by atoms with Gasteiger partial charge in [-0.05, 0) is 36.1 Å². The molecule has 2 amide bonds. The first kappa shape index (κ1) is 18.2. The molecule has 0 radical (unpaired) electrons. The van der Waals surface area contributed by atoms with Gasteiger partial charge < -0.3 is 10.2 Å². The van der Waals surface area contributed by atoms with Crippen molar-refractivity contribution < 1.29 is 9.59 Å². The molecule has 0 aliphatic carbocycles. The van der Waals surface area contributed by atoms with Crippen LogP contribution in [0.4, 0.5) is 5.69 Å². The van der Waals surface area contributed by atoms with Crippen molar-refractivity contribution >= 4 is 17.5 Å². The van der Waals surface area contributed by atoms with Crippen LogP contribution >= 0.6 is 0 Å². The fourth-order valence-corrected chi connectivity index (χ4v) is 3.44. The lowest BCUT2D eigenvalue weighted by molar-refractivity contribution is -0.121. The van der Waals surface area contributed by atoms with Crippen molar-refractivity contribution in [1.82, 2.24) is 5.32 Å². The van der Waals surface area contributed by atoms with E-state index in [9.17, 15) is 9.59 Å². The Hall–Kier alpha value is -2.62. The summed E-state index contributed by atoms with van der Waals surface area (Å²) < 4.78 is 0. The van der Waals surface area contributed by atoms with Crippen molar-refractivity contribution in [2.75, 3.05) is 11.4 Å². The molecule has 1 saturated heterocycles. The van der Waals surface area contributed by atoms with Crippen LogP contribution in [0.1, 0.15) is 49.8 Å². The van der Waals surface area contributed by atoms with Gasteiger partial charge in [-0.2, -0.15) is 0 Å². The van der Waals surface area contributed by atoms with Crippen LogP contribution in [-0.2, 0) is 16.0 Å². The largest absolute Gasteiger partial charge is 0.349 e. The molecule has 1 aliphatic rings. The molecule has 4 nitrogen and oxygen atoms in total. The van der Waals surface area contributed by atoms with Crippen molar-refractivity contribution in [3.63, 3.8) is 0 Å². The summed E-state index contributed by atoms with van der Waals surface area (Å²) in [5.41, 5.74) is 3.02. The summed E-state index contributed by atoms with van der Waals surface area (Å²) in [4.78, 5) is 26.1. The van der Waals surface area contributed by atoms with Crippen LogP contribution in [0.15, 0.2) is 54.6 Å². The number of benzene rings is 2. The zero-order valence-corrected chi connectivity index (χ0v) is 15.3. The van der Waals surface area contributed by atoms with Gasteiger partial charge in [0.25, 0.3) is 0 Å². The topological polar surface area (TPSA) is 49.4 Å². The lowest BCUT2D eigenvalue weighted by Crippen LogP contribution is -2.29. The summed E-state index contributed by atoms with van der Waals surface area (Å²) >= 11 is 0. The molecule has 0 bridgehead atoms. The number of carbonyl (C=O) groups excluding carboxylic acids is 2. The van der Waals surface area contributed by atoms with Crippen molar-refractivity contribution in [3.8, 4) is 0 Å². The number of hydrogen-bond donors (Lipinski definition) is 1. The van der Waals surface area contributed by atoms with E-state index in [1.807, 2.05) is 47.4 Å². The molecule has 3 rings (SSSR count). The normalized spacial score (nSPS) is 15.1. The summed E-state index contributed by atoms with van der Waals surface area (Å²) in [7, 11) is 0. The Morgan fingerprint density at radius 2 is 1.85 bits per heavy atom. The summed E-state index contributed by atoms with van der Waals surface area (Å²) in [6.45, 7) is 2.91. The minimum Gasteiger partial charge on any atom is -0.349 e. The van der Waals surface area contributed by atoms with E-state index in [0.717, 1.165) is 42.6 Å². The second-order valence-corrected chi connectivity index (χ2v) is 6.81. The predicted octanol–water partition coefficient (Wildman–Crippen LogP) is 4.01. The highest BCUT2D eigenvalue weighted by atomic mass is 16.2. The Kier molecular flexibility index (Phi) is 6.05. The first-order chi connectivity index (χ1) is 12.7. The molecule has 1 unspecified atom stereocenters. The highest BCUT2D eigenvalue weighted by Crippen LogP contribution is 2.22. The van der Waals surface area contributed by atoms with E-state index in [4.69, 9.17) is 0 Å². The number of rotatable bonds is 7. The molecule has 1 aliphatic heterocycles. The van der Waals surface area contributed by atoms with E-state index < -0.39 is 0 Å². The van der Waals surface area contributed by atoms with E-state index in [1.165, 1.54) is 0 Å². The smallest absolute Gasteiger partial charge is 0.227 e. The SMILES string of the molecule is CCCC(NC(=O)Cc1ccc(N2CCCC2=O)cc1)c1ccccc1. The van der Waals surface area contributed by atoms with Crippen molar-refractivity contribution in [2.45, 2.75) is 45.1 Å². The van der Waals surface area contributed by atoms with Crippen molar-refractivity contribution in [2.24, 2.45) is 0 Å². The summed E-state index contributed by atoms with van der Waals surface area (Å²) in [5, 5.41) is 3.16. The van der Waals surface area contributed by atoms with Crippen molar-refractivity contribution in [1.29, 1.82) is 0 Å². The van der Waals surface area contributed by atoms with Gasteiger partial charge in [-0.3, -0.25) is 9.59 Å². The van der Waals surface area contributed by atoms with Crippen LogP contribution in [0.2, 0.25) is 0 Å². The molecule has 0 aromatic heterocycles. The summed E-state index contributed by atoms with van der Waals surface area (Å²) in [6, 6.07) is 17.9. The molecular formula is C22H26N2O2. The molecule has 4 heteroatoms. The van der Waals surface area contributed by atoms with Gasteiger partial charge in [-0.15, -0.1) is 0 Å². The van der Waals surface area contributed by atoms with Gasteiger partial charge in [-0.1, -0.05) is 55.8 Å². The lowest BCUT2D eigenvalue weighted by Gasteiger charge is -2.19. The van der Waals surface area contributed by atoms with Gasteiger partial charge >= 0.3 is 0 Å². The molecule has 0 spiro atoms. The molecule has 2 aromatic rings. The Balaban J connectivity index is 1.61. The second-order valence-electron chi connectivity index (χ2n) is 6.81. The Morgan fingerprint density at radius 1 is 1.12 bits per heavy atom. The van der Waals surface area contributed by atoms with Gasteiger partial charge in [-0.25, -0.2) is 0 Å². The molecule has 136 valence electrons. The first-order valence-electron chi connectivity index (χ1n) is 9.41. The number of nitrogens with one attached hydrogen (secondary N) is 1. The molecule has 0 saturated carbocycles. The van der Waals surface area contributed by atoms with E-state index >= 15 is 0 Å². The number of nitrogens with zero attached hydrogens (tertiary/aromatic N) is 1. The summed E-state index contributed by atoms with van der Waals surface area (Å²) in [6.07, 6.45) is 3.83. The zero-order chi connectivity index (χ0) is 18.4. The Labute approximate surface area is 155 Å². The molecule has 26 heavy (non-hydrogen) atoms. The number of anilines is 1. The Morgan fingerprint density at radius 3 is 2.46 bits per heavy atom. The van der Waals surface area contributed by atoms with Gasteiger partial charge in [0.15, 0.2) is 0 Å². The third-order valence-corrected chi connectivity index (χ3v) is 4.80. The van der Waals surface area contributed by atoms with Crippen LogP contribution < -0.4 is 10.2 Å². The average Bonchev–Trinajstić information content (AvgIpc) is 3.09. The standard InChI is InChI=1S/C22H26N2O2/c1-2-7-20(18-8-4-3-5-9-18)23-21(25)16-17-11-13-19(14-12-17)24-15-6-10-22(24)26/h3-5,8-9,11-14,20H,2,6-7,10,15-16H2,1H3,(H,23,25). The van der Waals surface area contributed by atoms with E-state index in [1.54, 1.807) is 0 Å². The fourth-order valence-electron chi connectivity index (χ4n) is 3.44. The monoisotopic (exact) mass is 350 g/mol. The van der Waals surface area contributed by atoms with Crippen LogP contribution in [0, 0.1) is 0 Å². The van der Waals surface area contributed by atoms with Gasteiger partial charge in [0, 0.05) is 18.7 Å². The van der Waals surface area contributed by atoms with Gasteiger partial charge in [0.05, 0.1) is 12.5 Å². The van der Waals surface area contributed by atoms with E-state index in [0.29, 0.717) is 12.8 Å². The maximum Gasteiger partial charge on any atom is 0.227 e. The van der Waals surface area contributed by atoms with E-state index in [-0.39, 0.29) is 17.9 Å². The number of hydrogen-bond acceptors (Lipinski definition) is 2. The number of carbonyl (C=O) groups is 2. The maximum absolute atomic E-state index is 12.5. The zero-order valence-electron chi connectivity index (χ0n) is 15.3. The van der Waals surface area contributed by atoms with E-state index in [2.05, 4.69) is 24.4 Å². The fraction of sp³-hybridized carbons (Fsp3) is 0.364. The molecule has 1 heterocycles. The molecule has 1 fully saturated rings. The van der Waals surface area contributed by atoms with Crippen LogP contribution in [0.25, 0.3) is 0 Å². The molecule has 2 aromatic carbocycles. The first-order valence-corrected chi connectivity index (χ1v) is 9.41. The highest BCUT2D eigenvalue weighted by molar-refractivity contribution is 5.95. The minimum absolute atomic E-state index is 0.0253. The van der Waals surface area contributed by atoms with Crippen LogP contribution in [0.3, 0.4) is 0 Å². The van der Waals surface area contributed by atoms with Gasteiger partial charge in [0.2, 0.25) is 11.8 Å². The van der Waals surface area contributed by atoms with Gasteiger partial charge in [0.1, 0.15) is 0 Å². The Bertz CT molecular complexity index is 740. The highest BCUT2D eigenvalue weighted by Gasteiger charge is 2.21. The number of amides is 2. The minimum atomic E-state index is 0.0253. The van der Waals surface area contributed by atoms with Crippen LogP contribution in [0.5, 0.6) is 0 Å². The predicted molar refractivity (Wildman–Crippen MR) is 104 cm³/mol. The third-order valence-electron chi connectivity index (χ3n) is 4.80. The molecular weight excluding hydrogens is 324 g/mol. The van der Waals surface area contributed by atoms with Crippen LogP contribution in [-0.4, -0.2) is 18.4 Å². The third kappa shape index (κ3) is 4.51. The molecule has 1 atom stereocenters.